The number of rotatable bonds is 10. The molecule has 2 rings (SSSR count). The summed E-state index contributed by atoms with van der Waals surface area (Å²) in [6.07, 6.45) is 3.21. The van der Waals surface area contributed by atoms with Crippen LogP contribution in [0.4, 0.5) is 17.5 Å². The van der Waals surface area contributed by atoms with Crippen LogP contribution in [-0.4, -0.2) is 42.4 Å². The van der Waals surface area contributed by atoms with E-state index in [1.54, 1.807) is 18.3 Å². The Balaban J connectivity index is 1.74. The number of pyridine rings is 1. The highest BCUT2D eigenvalue weighted by Gasteiger charge is 2.07. The van der Waals surface area contributed by atoms with Gasteiger partial charge in [-0.25, -0.2) is 18.1 Å². The lowest BCUT2D eigenvalue weighted by Gasteiger charge is -2.08. The summed E-state index contributed by atoms with van der Waals surface area (Å²) in [5, 5.41) is 14.1. The van der Waals surface area contributed by atoms with Gasteiger partial charge in [0.25, 0.3) is 0 Å². The van der Waals surface area contributed by atoms with Crippen molar-refractivity contribution in [2.75, 3.05) is 29.5 Å². The second kappa shape index (κ2) is 9.14. The van der Waals surface area contributed by atoms with Crippen LogP contribution in [0.25, 0.3) is 0 Å². The van der Waals surface area contributed by atoms with Crippen LogP contribution in [-0.2, 0) is 10.0 Å². The lowest BCUT2D eigenvalue weighted by atomic mass is 10.4. The summed E-state index contributed by atoms with van der Waals surface area (Å²) >= 11 is 0. The molecule has 0 unspecified atom stereocenters. The fourth-order valence-electron chi connectivity index (χ4n) is 1.86. The van der Waals surface area contributed by atoms with E-state index in [2.05, 4.69) is 30.5 Å². The zero-order valence-electron chi connectivity index (χ0n) is 13.6. The van der Waals surface area contributed by atoms with Crippen molar-refractivity contribution >= 4 is 27.5 Å². The average molecular weight is 350 g/mol. The fraction of sp³-hybridized carbons (Fsp3) is 0.400. The quantitative estimate of drug-likeness (QED) is 0.560. The molecule has 0 saturated heterocycles. The van der Waals surface area contributed by atoms with E-state index in [1.165, 1.54) is 0 Å². The maximum atomic E-state index is 11.6. The summed E-state index contributed by atoms with van der Waals surface area (Å²) in [4.78, 5) is 4.14. The molecule has 0 spiro atoms. The van der Waals surface area contributed by atoms with Gasteiger partial charge in [-0.2, -0.15) is 0 Å². The Hall–Kier alpha value is -2.26. The Kier molecular flexibility index (Phi) is 6.89. The lowest BCUT2D eigenvalue weighted by Crippen LogP contribution is -2.31. The number of nitrogens with zero attached hydrogens (tertiary/aromatic N) is 3. The fourth-order valence-corrected chi connectivity index (χ4v) is 3.09. The van der Waals surface area contributed by atoms with Crippen LogP contribution in [0.1, 0.15) is 19.8 Å². The van der Waals surface area contributed by atoms with Gasteiger partial charge in [-0.3, -0.25) is 0 Å². The molecule has 0 aromatic carbocycles. The molecule has 0 bridgehead atoms. The minimum atomic E-state index is -3.18. The average Bonchev–Trinajstić information content (AvgIpc) is 2.59. The number of aromatic nitrogens is 3. The lowest BCUT2D eigenvalue weighted by molar-refractivity contribution is 0.579. The molecule has 0 aliphatic carbocycles. The van der Waals surface area contributed by atoms with Crippen LogP contribution < -0.4 is 15.4 Å². The Morgan fingerprint density at radius 3 is 2.46 bits per heavy atom. The zero-order valence-corrected chi connectivity index (χ0v) is 14.4. The van der Waals surface area contributed by atoms with Gasteiger partial charge in [-0.15, -0.1) is 10.2 Å². The molecule has 2 aromatic heterocycles. The van der Waals surface area contributed by atoms with Crippen molar-refractivity contribution in [3.63, 3.8) is 0 Å². The first kappa shape index (κ1) is 18.1. The van der Waals surface area contributed by atoms with E-state index < -0.39 is 10.0 Å². The van der Waals surface area contributed by atoms with Crippen molar-refractivity contribution in [3.05, 3.63) is 36.5 Å². The maximum absolute atomic E-state index is 11.6. The molecule has 3 N–H and O–H groups in total. The van der Waals surface area contributed by atoms with Crippen molar-refractivity contribution in [1.29, 1.82) is 0 Å². The van der Waals surface area contributed by atoms with E-state index in [4.69, 9.17) is 0 Å². The highest BCUT2D eigenvalue weighted by molar-refractivity contribution is 7.89. The van der Waals surface area contributed by atoms with Gasteiger partial charge >= 0.3 is 0 Å². The second-order valence-corrected chi connectivity index (χ2v) is 7.06. The van der Waals surface area contributed by atoms with Crippen LogP contribution in [0.2, 0.25) is 0 Å². The van der Waals surface area contributed by atoms with Crippen LogP contribution >= 0.6 is 0 Å². The highest BCUT2D eigenvalue weighted by atomic mass is 32.2. The number of anilines is 3. The van der Waals surface area contributed by atoms with Crippen LogP contribution in [0, 0.1) is 0 Å². The maximum Gasteiger partial charge on any atom is 0.211 e. The third-order valence-corrected chi connectivity index (χ3v) is 4.58. The topological polar surface area (TPSA) is 109 Å². The Morgan fingerprint density at radius 1 is 1.00 bits per heavy atom. The summed E-state index contributed by atoms with van der Waals surface area (Å²) in [7, 11) is -3.18. The number of sulfonamides is 1. The molecule has 24 heavy (non-hydrogen) atoms. The van der Waals surface area contributed by atoms with Crippen molar-refractivity contribution in [1.82, 2.24) is 19.9 Å². The summed E-state index contributed by atoms with van der Waals surface area (Å²) in [6.45, 7) is 2.71. The smallest absolute Gasteiger partial charge is 0.211 e. The van der Waals surface area contributed by atoms with Gasteiger partial charge in [0.2, 0.25) is 10.0 Å². The van der Waals surface area contributed by atoms with Gasteiger partial charge in [-0.05, 0) is 30.7 Å². The van der Waals surface area contributed by atoms with Crippen molar-refractivity contribution in [2.45, 2.75) is 19.8 Å². The predicted octanol–water partition coefficient (Wildman–Crippen LogP) is 1.75. The molecule has 0 atom stereocenters. The van der Waals surface area contributed by atoms with Crippen molar-refractivity contribution in [2.24, 2.45) is 0 Å². The third kappa shape index (κ3) is 6.47. The first-order chi connectivity index (χ1) is 11.6. The van der Waals surface area contributed by atoms with E-state index in [-0.39, 0.29) is 5.75 Å². The molecule has 0 saturated carbocycles. The second-order valence-electron chi connectivity index (χ2n) is 5.14. The van der Waals surface area contributed by atoms with Gasteiger partial charge in [-0.1, -0.05) is 19.4 Å². The molecule has 9 heteroatoms. The summed E-state index contributed by atoms with van der Waals surface area (Å²) in [6, 6.07) is 9.08. The summed E-state index contributed by atoms with van der Waals surface area (Å²) in [5.74, 6) is 2.01. The Bertz CT molecular complexity index is 707. The molecular formula is C15H22N6O2S. The SMILES string of the molecule is CCCCS(=O)(=O)NCCNc1ccc(Nc2ccccn2)nn1. The van der Waals surface area contributed by atoms with E-state index in [0.717, 1.165) is 6.42 Å². The van der Waals surface area contributed by atoms with E-state index in [9.17, 15) is 8.42 Å². The molecular weight excluding hydrogens is 328 g/mol. The number of hydrogen-bond acceptors (Lipinski definition) is 7. The molecule has 130 valence electrons. The van der Waals surface area contributed by atoms with Gasteiger partial charge in [0, 0.05) is 19.3 Å². The van der Waals surface area contributed by atoms with Crippen molar-refractivity contribution in [3.8, 4) is 0 Å². The van der Waals surface area contributed by atoms with E-state index in [0.29, 0.717) is 37.0 Å². The first-order valence-electron chi connectivity index (χ1n) is 7.82. The molecule has 0 fully saturated rings. The largest absolute Gasteiger partial charge is 0.367 e. The molecule has 8 nitrogen and oxygen atoms in total. The van der Waals surface area contributed by atoms with Crippen LogP contribution in [0.15, 0.2) is 36.5 Å². The monoisotopic (exact) mass is 350 g/mol. The molecule has 2 aromatic rings. The normalized spacial score (nSPS) is 11.2. The highest BCUT2D eigenvalue weighted by Crippen LogP contribution is 2.11. The van der Waals surface area contributed by atoms with Crippen LogP contribution in [0.5, 0.6) is 0 Å². The minimum absolute atomic E-state index is 0.164. The third-order valence-electron chi connectivity index (χ3n) is 3.11. The summed E-state index contributed by atoms with van der Waals surface area (Å²) < 4.78 is 25.8. The van der Waals surface area contributed by atoms with Crippen molar-refractivity contribution < 1.29 is 8.42 Å². The molecule has 0 radical (unpaired) electrons. The molecule has 0 aliphatic heterocycles. The predicted molar refractivity (Wildman–Crippen MR) is 94.7 cm³/mol. The van der Waals surface area contributed by atoms with Crippen LogP contribution in [0.3, 0.4) is 0 Å². The van der Waals surface area contributed by atoms with Gasteiger partial charge in [0.05, 0.1) is 5.75 Å². The minimum Gasteiger partial charge on any atom is -0.367 e. The Morgan fingerprint density at radius 2 is 1.79 bits per heavy atom. The zero-order chi connectivity index (χ0) is 17.3. The van der Waals surface area contributed by atoms with Gasteiger partial charge < -0.3 is 10.6 Å². The Labute approximate surface area is 142 Å². The van der Waals surface area contributed by atoms with E-state index >= 15 is 0 Å². The molecule has 2 heterocycles. The van der Waals surface area contributed by atoms with Gasteiger partial charge in [0.1, 0.15) is 11.6 Å². The molecule has 0 aliphatic rings. The first-order valence-corrected chi connectivity index (χ1v) is 9.47. The van der Waals surface area contributed by atoms with Gasteiger partial charge in [0.15, 0.2) is 5.82 Å². The summed E-state index contributed by atoms with van der Waals surface area (Å²) in [5.41, 5.74) is 0. The van der Waals surface area contributed by atoms with E-state index in [1.807, 2.05) is 25.1 Å². The standard InChI is InChI=1S/C15H22N6O2S/c1-2-3-12-24(22,23)18-11-10-17-14-7-8-15(21-20-14)19-13-6-4-5-9-16-13/h4-9,18H,2-3,10-12H2,1H3,(H,17,20)(H,16,19,21). The molecule has 0 amide bonds. The number of unbranched alkanes of at least 4 members (excludes halogenated alkanes) is 1. The number of hydrogen-bond donors (Lipinski definition) is 3. The number of nitrogens with one attached hydrogen (secondary N) is 3.